The second-order valence-electron chi connectivity index (χ2n) is 5.68. The zero-order chi connectivity index (χ0) is 14.7. The van der Waals surface area contributed by atoms with E-state index in [2.05, 4.69) is 37.7 Å². The highest BCUT2D eigenvalue weighted by Gasteiger charge is 2.22. The molecule has 0 spiro atoms. The molecule has 0 saturated carbocycles. The summed E-state index contributed by atoms with van der Waals surface area (Å²) >= 11 is 0. The standard InChI is InChI=1S/C13H24N2O3S/c1-10(2)13(3,4)9-15-8-11-6-7-12(18-11)19(16,17)14-5/h6-7,10,14-15H,8-9H2,1-5H3. The lowest BCUT2D eigenvalue weighted by Gasteiger charge is -2.29. The van der Waals surface area contributed by atoms with Crippen LogP contribution in [0, 0.1) is 11.3 Å². The highest BCUT2D eigenvalue weighted by molar-refractivity contribution is 7.89. The lowest BCUT2D eigenvalue weighted by atomic mass is 9.81. The van der Waals surface area contributed by atoms with Crippen molar-refractivity contribution in [1.29, 1.82) is 0 Å². The Labute approximate surface area is 115 Å². The summed E-state index contributed by atoms with van der Waals surface area (Å²) in [7, 11) is -2.13. The van der Waals surface area contributed by atoms with E-state index in [-0.39, 0.29) is 10.5 Å². The van der Waals surface area contributed by atoms with Gasteiger partial charge in [-0.05, 0) is 30.5 Å². The second kappa shape index (κ2) is 6.07. The summed E-state index contributed by atoms with van der Waals surface area (Å²) in [5, 5.41) is 3.25. The van der Waals surface area contributed by atoms with Gasteiger partial charge >= 0.3 is 0 Å². The summed E-state index contributed by atoms with van der Waals surface area (Å²) < 4.78 is 30.5. The lowest BCUT2D eigenvalue weighted by molar-refractivity contribution is 0.234. The van der Waals surface area contributed by atoms with Gasteiger partial charge in [0, 0.05) is 6.54 Å². The molecule has 0 aromatic carbocycles. The van der Waals surface area contributed by atoms with Crippen LogP contribution in [0.15, 0.2) is 21.6 Å². The van der Waals surface area contributed by atoms with Crippen LogP contribution < -0.4 is 10.0 Å². The van der Waals surface area contributed by atoms with E-state index < -0.39 is 10.0 Å². The fourth-order valence-corrected chi connectivity index (χ4v) is 2.08. The third-order valence-corrected chi connectivity index (χ3v) is 4.90. The SMILES string of the molecule is CNS(=O)(=O)c1ccc(CNCC(C)(C)C(C)C)o1. The monoisotopic (exact) mass is 288 g/mol. The molecule has 0 unspecified atom stereocenters. The van der Waals surface area contributed by atoms with E-state index in [1.807, 2.05) is 0 Å². The number of furan rings is 1. The van der Waals surface area contributed by atoms with Gasteiger partial charge in [-0.3, -0.25) is 0 Å². The van der Waals surface area contributed by atoms with Crippen molar-refractivity contribution in [1.82, 2.24) is 10.0 Å². The van der Waals surface area contributed by atoms with Crippen LogP contribution in [-0.4, -0.2) is 22.0 Å². The predicted molar refractivity (Wildman–Crippen MR) is 75.3 cm³/mol. The van der Waals surface area contributed by atoms with Crippen LogP contribution in [0.25, 0.3) is 0 Å². The molecule has 0 radical (unpaired) electrons. The first-order chi connectivity index (χ1) is 8.69. The first kappa shape index (κ1) is 16.2. The van der Waals surface area contributed by atoms with Crippen molar-refractivity contribution in [2.45, 2.75) is 39.3 Å². The highest BCUT2D eigenvalue weighted by Crippen LogP contribution is 2.24. The smallest absolute Gasteiger partial charge is 0.273 e. The van der Waals surface area contributed by atoms with Gasteiger partial charge in [-0.2, -0.15) is 0 Å². The first-order valence-electron chi connectivity index (χ1n) is 6.42. The number of hydrogen-bond acceptors (Lipinski definition) is 4. The third-order valence-electron chi connectivity index (χ3n) is 3.61. The van der Waals surface area contributed by atoms with Gasteiger partial charge in [-0.15, -0.1) is 0 Å². The summed E-state index contributed by atoms with van der Waals surface area (Å²) in [6.45, 7) is 10.1. The average molecular weight is 288 g/mol. The van der Waals surface area contributed by atoms with Crippen LogP contribution in [0.5, 0.6) is 0 Å². The number of rotatable bonds is 7. The predicted octanol–water partition coefficient (Wildman–Crippen LogP) is 1.96. The zero-order valence-corrected chi connectivity index (χ0v) is 13.1. The molecule has 19 heavy (non-hydrogen) atoms. The van der Waals surface area contributed by atoms with Gasteiger partial charge in [-0.25, -0.2) is 13.1 Å². The largest absolute Gasteiger partial charge is 0.447 e. The maximum atomic E-state index is 11.5. The van der Waals surface area contributed by atoms with Gasteiger partial charge in [0.25, 0.3) is 10.0 Å². The minimum atomic E-state index is -3.49. The molecule has 2 N–H and O–H groups in total. The molecular formula is C13H24N2O3S. The summed E-state index contributed by atoms with van der Waals surface area (Å²) in [6.07, 6.45) is 0. The lowest BCUT2D eigenvalue weighted by Crippen LogP contribution is -2.33. The normalized spacial score (nSPS) is 13.2. The Hall–Kier alpha value is -0.850. The van der Waals surface area contributed by atoms with Gasteiger partial charge in [-0.1, -0.05) is 27.7 Å². The molecule has 0 aliphatic heterocycles. The van der Waals surface area contributed by atoms with Crippen LogP contribution in [0.2, 0.25) is 0 Å². The first-order valence-corrected chi connectivity index (χ1v) is 7.90. The van der Waals surface area contributed by atoms with Crippen molar-refractivity contribution >= 4 is 10.0 Å². The summed E-state index contributed by atoms with van der Waals surface area (Å²) in [6, 6.07) is 3.15. The fourth-order valence-electron chi connectivity index (χ4n) is 1.41. The second-order valence-corrected chi connectivity index (χ2v) is 7.49. The molecular weight excluding hydrogens is 264 g/mol. The molecule has 0 aliphatic carbocycles. The minimum Gasteiger partial charge on any atom is -0.447 e. The van der Waals surface area contributed by atoms with E-state index >= 15 is 0 Å². The van der Waals surface area contributed by atoms with E-state index in [0.717, 1.165) is 6.54 Å². The molecule has 0 aliphatic rings. The van der Waals surface area contributed by atoms with E-state index in [9.17, 15) is 8.42 Å². The van der Waals surface area contributed by atoms with Gasteiger partial charge < -0.3 is 9.73 Å². The van der Waals surface area contributed by atoms with Gasteiger partial charge in [0.05, 0.1) is 6.54 Å². The molecule has 1 heterocycles. The van der Waals surface area contributed by atoms with E-state index in [1.165, 1.54) is 13.1 Å². The summed E-state index contributed by atoms with van der Waals surface area (Å²) in [4.78, 5) is 0. The Kier molecular flexibility index (Phi) is 5.18. The highest BCUT2D eigenvalue weighted by atomic mass is 32.2. The average Bonchev–Trinajstić information content (AvgIpc) is 2.78. The van der Waals surface area contributed by atoms with E-state index in [4.69, 9.17) is 4.42 Å². The Morgan fingerprint density at radius 2 is 1.95 bits per heavy atom. The van der Waals surface area contributed by atoms with Crippen LogP contribution in [-0.2, 0) is 16.6 Å². The van der Waals surface area contributed by atoms with Crippen molar-refractivity contribution in [3.05, 3.63) is 17.9 Å². The molecule has 1 rings (SSSR count). The molecule has 0 fully saturated rings. The molecule has 0 bridgehead atoms. The summed E-state index contributed by atoms with van der Waals surface area (Å²) in [5.41, 5.74) is 0.187. The van der Waals surface area contributed by atoms with Crippen molar-refractivity contribution in [3.8, 4) is 0 Å². The van der Waals surface area contributed by atoms with Crippen molar-refractivity contribution in [2.75, 3.05) is 13.6 Å². The molecule has 0 saturated heterocycles. The van der Waals surface area contributed by atoms with Crippen LogP contribution in [0.4, 0.5) is 0 Å². The zero-order valence-electron chi connectivity index (χ0n) is 12.3. The molecule has 0 atom stereocenters. The van der Waals surface area contributed by atoms with Crippen molar-refractivity contribution in [3.63, 3.8) is 0 Å². The van der Waals surface area contributed by atoms with E-state index in [0.29, 0.717) is 18.2 Å². The van der Waals surface area contributed by atoms with Crippen molar-refractivity contribution in [2.24, 2.45) is 11.3 Å². The molecule has 1 aromatic rings. The van der Waals surface area contributed by atoms with Gasteiger partial charge in [0.1, 0.15) is 5.76 Å². The Morgan fingerprint density at radius 3 is 2.47 bits per heavy atom. The van der Waals surface area contributed by atoms with Gasteiger partial charge in [0.15, 0.2) is 0 Å². The maximum Gasteiger partial charge on any atom is 0.273 e. The van der Waals surface area contributed by atoms with Crippen LogP contribution >= 0.6 is 0 Å². The molecule has 1 aromatic heterocycles. The van der Waals surface area contributed by atoms with Gasteiger partial charge in [0.2, 0.25) is 5.09 Å². The third kappa shape index (κ3) is 4.33. The quantitative estimate of drug-likeness (QED) is 0.804. The Balaban J connectivity index is 2.57. The summed E-state index contributed by atoms with van der Waals surface area (Å²) in [5.74, 6) is 1.19. The molecule has 5 nitrogen and oxygen atoms in total. The Morgan fingerprint density at radius 1 is 1.32 bits per heavy atom. The molecule has 0 amide bonds. The van der Waals surface area contributed by atoms with E-state index in [1.54, 1.807) is 6.07 Å². The fraction of sp³-hybridized carbons (Fsp3) is 0.692. The topological polar surface area (TPSA) is 71.3 Å². The minimum absolute atomic E-state index is 0.0464. The number of hydrogen-bond donors (Lipinski definition) is 2. The number of sulfonamides is 1. The van der Waals surface area contributed by atoms with Crippen molar-refractivity contribution < 1.29 is 12.8 Å². The Bertz CT molecular complexity index is 504. The maximum absolute atomic E-state index is 11.5. The number of nitrogens with one attached hydrogen (secondary N) is 2. The molecule has 6 heteroatoms. The molecule has 110 valence electrons. The van der Waals surface area contributed by atoms with Crippen LogP contribution in [0.3, 0.4) is 0 Å². The van der Waals surface area contributed by atoms with Crippen LogP contribution in [0.1, 0.15) is 33.5 Å².